The van der Waals surface area contributed by atoms with Crippen molar-refractivity contribution in [3.63, 3.8) is 0 Å². The number of rotatable bonds is 10. The fourth-order valence-corrected chi connectivity index (χ4v) is 3.58. The number of nitrogens with zero attached hydrogens (tertiary/aromatic N) is 1. The second-order valence-corrected chi connectivity index (χ2v) is 7.99. The summed E-state index contributed by atoms with van der Waals surface area (Å²) >= 11 is 0. The molecule has 9 heteroatoms. The molecule has 34 heavy (non-hydrogen) atoms. The number of ketones is 1. The van der Waals surface area contributed by atoms with Gasteiger partial charge in [-0.1, -0.05) is 60.7 Å². The van der Waals surface area contributed by atoms with Crippen LogP contribution in [0.3, 0.4) is 0 Å². The number of Topliss-reactive ketones (excluding diaryl/α,β-unsaturated/α-hetero) is 1. The van der Waals surface area contributed by atoms with Gasteiger partial charge in [0.15, 0.2) is 5.78 Å². The van der Waals surface area contributed by atoms with Crippen LogP contribution in [0.5, 0.6) is 0 Å². The van der Waals surface area contributed by atoms with Gasteiger partial charge in [0.1, 0.15) is 12.6 Å². The van der Waals surface area contributed by atoms with Gasteiger partial charge in [-0.05, 0) is 11.1 Å². The van der Waals surface area contributed by atoms with Crippen molar-refractivity contribution in [2.45, 2.75) is 31.5 Å². The van der Waals surface area contributed by atoms with Crippen molar-refractivity contribution in [3.8, 4) is 0 Å². The zero-order valence-corrected chi connectivity index (χ0v) is 19.1. The van der Waals surface area contributed by atoms with E-state index in [0.717, 1.165) is 11.1 Å². The number of hydrogen-bond acceptors (Lipinski definition) is 6. The molecule has 1 saturated heterocycles. The lowest BCUT2D eigenvalue weighted by atomic mass is 10.0. The van der Waals surface area contributed by atoms with Crippen molar-refractivity contribution < 1.29 is 28.7 Å². The Kier molecular flexibility index (Phi) is 9.16. The van der Waals surface area contributed by atoms with Gasteiger partial charge >= 0.3 is 6.09 Å². The van der Waals surface area contributed by atoms with Gasteiger partial charge in [0, 0.05) is 20.1 Å². The number of benzene rings is 2. The Hall–Kier alpha value is -3.72. The summed E-state index contributed by atoms with van der Waals surface area (Å²) in [5.74, 6) is -1.07. The highest BCUT2D eigenvalue weighted by Gasteiger charge is 2.35. The maximum atomic E-state index is 13.1. The van der Waals surface area contributed by atoms with Crippen molar-refractivity contribution in [2.75, 3.05) is 26.8 Å². The standard InChI is InChI=1S/C25H29N3O6/c1-33-13-12-28-16-22(29)20(15-23(28)30)26-24(31)21(14-18-8-4-2-5-9-18)27-25(32)34-17-19-10-6-3-7-11-19/h2-11,20-21H,12-17H2,1H3,(H,26,31)(H,27,32)/t20?,21-/m0/s1. The average molecular weight is 468 g/mol. The normalized spacial score (nSPS) is 16.6. The van der Waals surface area contributed by atoms with Gasteiger partial charge in [0.05, 0.1) is 25.6 Å². The fourth-order valence-electron chi connectivity index (χ4n) is 3.58. The molecule has 0 saturated carbocycles. The lowest BCUT2D eigenvalue weighted by molar-refractivity contribution is -0.143. The topological polar surface area (TPSA) is 114 Å². The number of nitrogens with one attached hydrogen (secondary N) is 2. The van der Waals surface area contributed by atoms with Crippen molar-refractivity contribution in [1.82, 2.24) is 15.5 Å². The molecule has 0 aromatic heterocycles. The number of methoxy groups -OCH3 is 1. The largest absolute Gasteiger partial charge is 0.445 e. The molecule has 0 radical (unpaired) electrons. The van der Waals surface area contributed by atoms with E-state index in [4.69, 9.17) is 9.47 Å². The zero-order valence-electron chi connectivity index (χ0n) is 19.1. The van der Waals surface area contributed by atoms with E-state index in [1.54, 1.807) is 0 Å². The first-order valence-electron chi connectivity index (χ1n) is 11.1. The zero-order chi connectivity index (χ0) is 24.3. The quantitative estimate of drug-likeness (QED) is 0.547. The van der Waals surface area contributed by atoms with Crippen LogP contribution in [0.1, 0.15) is 17.5 Å². The van der Waals surface area contributed by atoms with Crippen LogP contribution in [0, 0.1) is 0 Å². The second kappa shape index (κ2) is 12.5. The number of likely N-dealkylation sites (tertiary alicyclic amines) is 1. The lowest BCUT2D eigenvalue weighted by Gasteiger charge is -2.31. The highest BCUT2D eigenvalue weighted by atomic mass is 16.5. The molecule has 2 aromatic carbocycles. The van der Waals surface area contributed by atoms with Crippen LogP contribution < -0.4 is 10.6 Å². The molecule has 1 heterocycles. The minimum Gasteiger partial charge on any atom is -0.445 e. The van der Waals surface area contributed by atoms with Gasteiger partial charge in [-0.15, -0.1) is 0 Å². The van der Waals surface area contributed by atoms with E-state index in [9.17, 15) is 19.2 Å². The van der Waals surface area contributed by atoms with Crippen molar-refractivity contribution in [3.05, 3.63) is 71.8 Å². The first kappa shape index (κ1) is 24.9. The van der Waals surface area contributed by atoms with E-state index in [-0.39, 0.29) is 37.7 Å². The summed E-state index contributed by atoms with van der Waals surface area (Å²) in [6, 6.07) is 16.4. The molecule has 1 aliphatic heterocycles. The molecule has 1 fully saturated rings. The number of carbonyl (C=O) groups excluding carboxylic acids is 4. The van der Waals surface area contributed by atoms with Crippen LogP contribution in [0.2, 0.25) is 0 Å². The maximum Gasteiger partial charge on any atom is 0.408 e. The Morgan fingerprint density at radius 1 is 1.03 bits per heavy atom. The van der Waals surface area contributed by atoms with Gasteiger partial charge in [-0.25, -0.2) is 4.79 Å². The number of ether oxygens (including phenoxy) is 2. The molecule has 3 amide bonds. The molecule has 0 bridgehead atoms. The summed E-state index contributed by atoms with van der Waals surface area (Å²) in [6.07, 6.45) is -0.691. The van der Waals surface area contributed by atoms with Crippen LogP contribution in [-0.2, 0) is 36.9 Å². The van der Waals surface area contributed by atoms with Crippen LogP contribution >= 0.6 is 0 Å². The monoisotopic (exact) mass is 467 g/mol. The van der Waals surface area contributed by atoms with Gasteiger partial charge in [-0.2, -0.15) is 0 Å². The number of alkyl carbamates (subject to hydrolysis) is 1. The van der Waals surface area contributed by atoms with Gasteiger partial charge in [0.25, 0.3) is 0 Å². The molecule has 2 N–H and O–H groups in total. The minimum absolute atomic E-state index is 0.0548. The summed E-state index contributed by atoms with van der Waals surface area (Å²) in [4.78, 5) is 51.8. The van der Waals surface area contributed by atoms with Crippen LogP contribution in [0.4, 0.5) is 4.79 Å². The third kappa shape index (κ3) is 7.41. The molecule has 3 rings (SSSR count). The van der Waals surface area contributed by atoms with Gasteiger partial charge in [-0.3, -0.25) is 14.4 Å². The molecule has 9 nitrogen and oxygen atoms in total. The van der Waals surface area contributed by atoms with E-state index in [2.05, 4.69) is 10.6 Å². The molecular formula is C25H29N3O6. The summed E-state index contributed by atoms with van der Waals surface area (Å²) in [5.41, 5.74) is 1.63. The first-order chi connectivity index (χ1) is 16.5. The highest BCUT2D eigenvalue weighted by molar-refractivity contribution is 6.00. The Morgan fingerprint density at radius 3 is 2.32 bits per heavy atom. The van der Waals surface area contributed by atoms with E-state index in [0.29, 0.717) is 13.2 Å². The number of hydrogen-bond donors (Lipinski definition) is 2. The Balaban J connectivity index is 1.62. The van der Waals surface area contributed by atoms with Crippen LogP contribution in [-0.4, -0.2) is 67.5 Å². The molecule has 1 aliphatic rings. The lowest BCUT2D eigenvalue weighted by Crippen LogP contribution is -2.58. The van der Waals surface area contributed by atoms with E-state index in [1.165, 1.54) is 12.0 Å². The summed E-state index contributed by atoms with van der Waals surface area (Å²) in [6.45, 7) is 0.597. The van der Waals surface area contributed by atoms with Gasteiger partial charge < -0.3 is 25.0 Å². The predicted molar refractivity (Wildman–Crippen MR) is 124 cm³/mol. The van der Waals surface area contributed by atoms with Crippen LogP contribution in [0.25, 0.3) is 0 Å². The molecule has 1 unspecified atom stereocenters. The molecule has 2 atom stereocenters. The molecule has 0 aliphatic carbocycles. The Morgan fingerprint density at radius 2 is 1.68 bits per heavy atom. The SMILES string of the molecule is COCCN1CC(=O)C(NC(=O)[C@H](Cc2ccccc2)NC(=O)OCc2ccccc2)CC1=O. The van der Waals surface area contributed by atoms with Crippen molar-refractivity contribution in [1.29, 1.82) is 0 Å². The Bertz CT molecular complexity index is 983. The fraction of sp³-hybridized carbons (Fsp3) is 0.360. The average Bonchev–Trinajstić information content (AvgIpc) is 2.84. The smallest absolute Gasteiger partial charge is 0.408 e. The van der Waals surface area contributed by atoms with Crippen molar-refractivity contribution in [2.24, 2.45) is 0 Å². The highest BCUT2D eigenvalue weighted by Crippen LogP contribution is 2.11. The van der Waals surface area contributed by atoms with E-state index >= 15 is 0 Å². The maximum absolute atomic E-state index is 13.1. The second-order valence-electron chi connectivity index (χ2n) is 7.99. The van der Waals surface area contributed by atoms with E-state index in [1.807, 2.05) is 60.7 Å². The molecule has 0 spiro atoms. The minimum atomic E-state index is -0.986. The predicted octanol–water partition coefficient (Wildman–Crippen LogP) is 1.46. The molecule has 180 valence electrons. The molecular weight excluding hydrogens is 438 g/mol. The Labute approximate surface area is 198 Å². The number of amides is 3. The number of carbonyl (C=O) groups is 4. The van der Waals surface area contributed by atoms with Crippen molar-refractivity contribution >= 4 is 23.7 Å². The van der Waals surface area contributed by atoms with Gasteiger partial charge in [0.2, 0.25) is 11.8 Å². The summed E-state index contributed by atoms with van der Waals surface area (Å²) in [7, 11) is 1.52. The van der Waals surface area contributed by atoms with Crippen LogP contribution in [0.15, 0.2) is 60.7 Å². The number of piperidine rings is 1. The van der Waals surface area contributed by atoms with E-state index < -0.39 is 24.1 Å². The summed E-state index contributed by atoms with van der Waals surface area (Å²) < 4.78 is 10.2. The molecule has 2 aromatic rings. The third-order valence-electron chi connectivity index (χ3n) is 5.45. The summed E-state index contributed by atoms with van der Waals surface area (Å²) in [5, 5.41) is 5.23. The third-order valence-corrected chi connectivity index (χ3v) is 5.45. The first-order valence-corrected chi connectivity index (χ1v) is 11.1.